The Hall–Kier alpha value is -5.98. The maximum Gasteiger partial charge on any atom is 0.416 e. The number of aryl methyl sites for hydroxylation is 1. The predicted octanol–water partition coefficient (Wildman–Crippen LogP) is 7.66. The third-order valence-corrected chi connectivity index (χ3v) is 6.92. The van der Waals surface area contributed by atoms with E-state index in [1.807, 2.05) is 43.5 Å². The summed E-state index contributed by atoms with van der Waals surface area (Å²) >= 11 is 0. The number of aromatic nitrogens is 5. The summed E-state index contributed by atoms with van der Waals surface area (Å²) in [6.45, 7) is 1.84. The number of amides is 2. The summed E-state index contributed by atoms with van der Waals surface area (Å²) in [6.07, 6.45) is 1.63. The van der Waals surface area contributed by atoms with Crippen LogP contribution in [0.4, 0.5) is 35.2 Å². The molecule has 0 atom stereocenters. The number of hydrogen-bond acceptors (Lipinski definition) is 7. The smallest absolute Gasteiger partial charge is 0.416 e. The van der Waals surface area contributed by atoms with Gasteiger partial charge in [0.25, 0.3) is 0 Å². The van der Waals surface area contributed by atoms with Crippen LogP contribution < -0.4 is 20.7 Å². The van der Waals surface area contributed by atoms with Crippen LogP contribution in [0.1, 0.15) is 11.1 Å². The molecule has 3 heterocycles. The Balaban J connectivity index is 1.13. The van der Waals surface area contributed by atoms with Gasteiger partial charge in [-0.2, -0.15) is 18.3 Å². The average molecular weight is 611 g/mol. The molecule has 6 aromatic rings. The molecule has 0 spiro atoms. The molecule has 2 amide bonds. The van der Waals surface area contributed by atoms with Gasteiger partial charge in [-0.05, 0) is 53.9 Å². The topological polar surface area (TPSA) is 118 Å². The van der Waals surface area contributed by atoms with Gasteiger partial charge >= 0.3 is 18.2 Å². The van der Waals surface area contributed by atoms with Crippen LogP contribution in [0.3, 0.4) is 0 Å². The number of nitrogens with zero attached hydrogens (tertiary/aromatic N) is 5. The Kier molecular flexibility index (Phi) is 7.73. The van der Waals surface area contributed by atoms with Gasteiger partial charge in [-0.1, -0.05) is 42.5 Å². The molecule has 3 N–H and O–H groups in total. The highest BCUT2D eigenvalue weighted by molar-refractivity contribution is 6.02. The summed E-state index contributed by atoms with van der Waals surface area (Å²) in [5.74, 6) is 1.20. The van der Waals surface area contributed by atoms with E-state index in [-0.39, 0.29) is 17.4 Å². The predicted molar refractivity (Wildman–Crippen MR) is 164 cm³/mol. The molecule has 0 unspecified atom stereocenters. The van der Waals surface area contributed by atoms with E-state index in [4.69, 9.17) is 4.74 Å². The number of alkyl halides is 3. The van der Waals surface area contributed by atoms with Gasteiger partial charge < -0.3 is 20.7 Å². The Morgan fingerprint density at radius 1 is 0.867 bits per heavy atom. The van der Waals surface area contributed by atoms with Gasteiger partial charge in [0.05, 0.1) is 35.5 Å². The van der Waals surface area contributed by atoms with Crippen LogP contribution in [0.2, 0.25) is 0 Å². The number of rotatable bonds is 7. The lowest BCUT2D eigenvalue weighted by Crippen LogP contribution is -2.20. The van der Waals surface area contributed by atoms with Crippen LogP contribution in [0.5, 0.6) is 11.8 Å². The summed E-state index contributed by atoms with van der Waals surface area (Å²) in [7, 11) is 1.80. The zero-order valence-corrected chi connectivity index (χ0v) is 23.9. The van der Waals surface area contributed by atoms with Crippen LogP contribution in [0.25, 0.3) is 27.9 Å². The molecule has 0 bridgehead atoms. The monoisotopic (exact) mass is 610 g/mol. The van der Waals surface area contributed by atoms with E-state index in [1.165, 1.54) is 18.5 Å². The fourth-order valence-electron chi connectivity index (χ4n) is 4.67. The molecule has 3 aromatic carbocycles. The molecular weight excluding hydrogens is 585 g/mol. The molecule has 0 aliphatic carbocycles. The van der Waals surface area contributed by atoms with Crippen molar-refractivity contribution < 1.29 is 22.7 Å². The lowest BCUT2D eigenvalue weighted by molar-refractivity contribution is -0.137. The van der Waals surface area contributed by atoms with Gasteiger partial charge in [0.15, 0.2) is 5.65 Å². The fraction of sp³-hybridized carbons (Fsp3) is 0.0938. The molecule has 0 saturated heterocycles. The summed E-state index contributed by atoms with van der Waals surface area (Å²) in [5.41, 5.74) is 3.74. The minimum absolute atomic E-state index is 0.00307. The van der Waals surface area contributed by atoms with E-state index >= 15 is 0 Å². The normalized spacial score (nSPS) is 11.3. The van der Waals surface area contributed by atoms with Crippen molar-refractivity contribution >= 4 is 28.9 Å². The van der Waals surface area contributed by atoms with E-state index in [1.54, 1.807) is 42.0 Å². The van der Waals surface area contributed by atoms with Gasteiger partial charge in [-0.3, -0.25) is 0 Å². The van der Waals surface area contributed by atoms with Crippen molar-refractivity contribution in [3.8, 4) is 34.0 Å². The molecule has 13 heteroatoms. The van der Waals surface area contributed by atoms with Crippen molar-refractivity contribution in [1.29, 1.82) is 0 Å². The quantitative estimate of drug-likeness (QED) is 0.170. The third-order valence-electron chi connectivity index (χ3n) is 6.92. The van der Waals surface area contributed by atoms with Gasteiger partial charge in [-0.25, -0.2) is 24.3 Å². The largest absolute Gasteiger partial charge is 0.424 e. The number of nitrogens with one attached hydrogen (secondary N) is 3. The van der Waals surface area contributed by atoms with Crippen LogP contribution >= 0.6 is 0 Å². The lowest BCUT2D eigenvalue weighted by Gasteiger charge is -2.16. The van der Waals surface area contributed by atoms with Gasteiger partial charge in [0.1, 0.15) is 11.6 Å². The standard InChI is InChI=1S/C32H25F3N8O2/c1-19-5-3-4-6-24(19)25-12-9-21(32(33,34)35)15-27(25)41-30(44)40-22-16-37-31(38-17-22)45-23-10-7-20(8-11-23)26-18-39-43-14-13-28(36-2)42-29(26)43/h3-18H,1-2H3,(H,36,42)(H2,40,41,44). The Morgan fingerprint density at radius 2 is 1.62 bits per heavy atom. The molecule has 45 heavy (non-hydrogen) atoms. The Bertz CT molecular complexity index is 1990. The second kappa shape index (κ2) is 12.0. The highest BCUT2D eigenvalue weighted by atomic mass is 19.4. The second-order valence-corrected chi connectivity index (χ2v) is 9.92. The molecular formula is C32H25F3N8O2. The first-order valence-corrected chi connectivity index (χ1v) is 13.7. The second-order valence-electron chi connectivity index (χ2n) is 9.92. The van der Waals surface area contributed by atoms with E-state index in [0.29, 0.717) is 22.5 Å². The fourth-order valence-corrected chi connectivity index (χ4v) is 4.67. The Labute approximate surface area is 255 Å². The van der Waals surface area contributed by atoms with Crippen molar-refractivity contribution in [3.63, 3.8) is 0 Å². The summed E-state index contributed by atoms with van der Waals surface area (Å²) < 4.78 is 47.8. The molecule has 10 nitrogen and oxygen atoms in total. The van der Waals surface area contributed by atoms with E-state index in [2.05, 4.69) is 36.0 Å². The van der Waals surface area contributed by atoms with Crippen molar-refractivity contribution in [2.45, 2.75) is 13.1 Å². The highest BCUT2D eigenvalue weighted by Gasteiger charge is 2.31. The Morgan fingerprint density at radius 3 is 2.33 bits per heavy atom. The van der Waals surface area contributed by atoms with Crippen LogP contribution in [0.15, 0.2) is 97.6 Å². The number of carbonyl (C=O) groups is 1. The molecule has 0 aliphatic rings. The minimum Gasteiger partial charge on any atom is -0.424 e. The number of urea groups is 1. The molecule has 226 valence electrons. The van der Waals surface area contributed by atoms with Gasteiger partial charge in [0, 0.05) is 24.4 Å². The molecule has 3 aromatic heterocycles. The summed E-state index contributed by atoms with van der Waals surface area (Å²) in [5, 5.41) is 12.4. The minimum atomic E-state index is -4.58. The number of hydrogen-bond donors (Lipinski definition) is 3. The van der Waals surface area contributed by atoms with E-state index in [9.17, 15) is 18.0 Å². The maximum atomic E-state index is 13.5. The molecule has 0 saturated carbocycles. The highest BCUT2D eigenvalue weighted by Crippen LogP contribution is 2.37. The molecule has 0 radical (unpaired) electrons. The van der Waals surface area contributed by atoms with Crippen LogP contribution in [-0.2, 0) is 6.18 Å². The number of benzene rings is 3. The number of ether oxygens (including phenoxy) is 1. The van der Waals surface area contributed by atoms with Crippen molar-refractivity contribution in [2.24, 2.45) is 0 Å². The maximum absolute atomic E-state index is 13.5. The van der Waals surface area contributed by atoms with Crippen molar-refractivity contribution in [2.75, 3.05) is 23.0 Å². The molecule has 6 rings (SSSR count). The van der Waals surface area contributed by atoms with Crippen molar-refractivity contribution in [1.82, 2.24) is 24.6 Å². The average Bonchev–Trinajstić information content (AvgIpc) is 3.45. The first kappa shape index (κ1) is 29.1. The number of anilines is 3. The molecule has 0 aliphatic heterocycles. The van der Waals surface area contributed by atoms with Crippen LogP contribution in [0, 0.1) is 6.92 Å². The van der Waals surface area contributed by atoms with E-state index < -0.39 is 17.8 Å². The number of carbonyl (C=O) groups excluding carboxylic acids is 1. The zero-order valence-electron chi connectivity index (χ0n) is 23.9. The first-order chi connectivity index (χ1) is 21.7. The van der Waals surface area contributed by atoms with Gasteiger partial charge in [-0.15, -0.1) is 0 Å². The zero-order chi connectivity index (χ0) is 31.6. The summed E-state index contributed by atoms with van der Waals surface area (Å²) in [6, 6.07) is 18.8. The van der Waals surface area contributed by atoms with E-state index in [0.717, 1.165) is 34.6 Å². The SMILES string of the molecule is CNc1ccn2ncc(-c3ccc(Oc4ncc(NC(=O)Nc5cc(C(F)(F)F)ccc5-c5ccccc5C)cn4)cc3)c2n1. The van der Waals surface area contributed by atoms with Crippen molar-refractivity contribution in [3.05, 3.63) is 109 Å². The van der Waals surface area contributed by atoms with Crippen LogP contribution in [-0.4, -0.2) is 37.6 Å². The third kappa shape index (κ3) is 6.37. The first-order valence-electron chi connectivity index (χ1n) is 13.7. The number of halogens is 3. The number of fused-ring (bicyclic) bond motifs is 1. The summed E-state index contributed by atoms with van der Waals surface area (Å²) in [4.78, 5) is 25.7. The lowest BCUT2D eigenvalue weighted by atomic mass is 9.97. The van der Waals surface area contributed by atoms with Gasteiger partial charge in [0.2, 0.25) is 0 Å². The molecule has 0 fully saturated rings.